The van der Waals surface area contributed by atoms with E-state index in [9.17, 15) is 13.0 Å². The van der Waals surface area contributed by atoms with Crippen LogP contribution in [0.2, 0.25) is 0 Å². The van der Waals surface area contributed by atoms with E-state index in [-0.39, 0.29) is 23.6 Å². The number of rotatable bonds is 6. The molecule has 2 bridgehead atoms. The molecule has 3 aliphatic rings. The molecule has 3 saturated carbocycles. The maximum atomic E-state index is 14.9. The van der Waals surface area contributed by atoms with Gasteiger partial charge >= 0.3 is 0 Å². The molecule has 0 radical (unpaired) electrons. The Bertz CT molecular complexity index is 974. The highest BCUT2D eigenvalue weighted by atomic mass is 32.2. The summed E-state index contributed by atoms with van der Waals surface area (Å²) in [5, 5.41) is 1.69. The Labute approximate surface area is 174 Å². The first kappa shape index (κ1) is 20.8. The van der Waals surface area contributed by atoms with E-state index in [0.717, 1.165) is 29.7 Å². The number of hydrogen-bond donors (Lipinski definition) is 0. The molecular weight excluding hydrogens is 403 g/mol. The van der Waals surface area contributed by atoms with Crippen molar-refractivity contribution in [3.05, 3.63) is 60.7 Å². The minimum absolute atomic E-state index is 0.0593. The fraction of sp³-hybridized carbons (Fsp3) is 0.478. The van der Waals surface area contributed by atoms with Crippen LogP contribution in [0.3, 0.4) is 0 Å². The lowest BCUT2D eigenvalue weighted by atomic mass is 9.45. The van der Waals surface area contributed by atoms with Crippen LogP contribution >= 0.6 is 7.14 Å². The fourth-order valence-electron chi connectivity index (χ4n) is 5.60. The van der Waals surface area contributed by atoms with E-state index in [2.05, 4.69) is 13.8 Å². The standard InChI is InChI=1S/C23H29O4PS/c1-23(2)17-14-21(23)20(16-27-29(3,25)26)22(15-17)28(24,18-10-6-4-7-11-18)19-12-8-5-9-13-19/h4-13,17,20-22H,14-16H2,1-3H3/t17?,20-,21?,22+/m0/s1. The molecule has 0 heterocycles. The van der Waals surface area contributed by atoms with Crippen LogP contribution in [0.1, 0.15) is 26.7 Å². The van der Waals surface area contributed by atoms with E-state index in [0.29, 0.717) is 11.8 Å². The highest BCUT2D eigenvalue weighted by Crippen LogP contribution is 2.68. The number of benzene rings is 2. The van der Waals surface area contributed by atoms with E-state index in [1.165, 1.54) is 0 Å². The van der Waals surface area contributed by atoms with Crippen LogP contribution in [-0.2, 0) is 18.9 Å². The van der Waals surface area contributed by atoms with Gasteiger partial charge in [0.2, 0.25) is 0 Å². The summed E-state index contributed by atoms with van der Waals surface area (Å²) in [5.74, 6) is 0.762. The molecule has 0 aromatic heterocycles. The lowest BCUT2D eigenvalue weighted by Crippen LogP contribution is -2.59. The van der Waals surface area contributed by atoms with Crippen LogP contribution in [0.25, 0.3) is 0 Å². The largest absolute Gasteiger partial charge is 0.313 e. The molecule has 0 saturated heterocycles. The fourth-order valence-corrected chi connectivity index (χ4v) is 9.68. The predicted octanol–water partition coefficient (Wildman–Crippen LogP) is 4.03. The SMILES string of the molecule is CC1(C)C2CC1[C@H](COS(C)(=O)=O)[C@H](P(=O)(c1ccccc1)c1ccccc1)C2. The Morgan fingerprint density at radius 1 is 0.966 bits per heavy atom. The van der Waals surface area contributed by atoms with Crippen LogP contribution in [0.5, 0.6) is 0 Å². The molecule has 156 valence electrons. The van der Waals surface area contributed by atoms with Crippen molar-refractivity contribution in [1.29, 1.82) is 0 Å². The smallest absolute Gasteiger partial charge is 0.264 e. The van der Waals surface area contributed by atoms with Gasteiger partial charge in [-0.1, -0.05) is 74.5 Å². The zero-order chi connectivity index (χ0) is 20.9. The predicted molar refractivity (Wildman–Crippen MR) is 118 cm³/mol. The molecule has 0 aliphatic heterocycles. The summed E-state index contributed by atoms with van der Waals surface area (Å²) in [5.41, 5.74) is 0.00563. The Morgan fingerprint density at radius 3 is 1.93 bits per heavy atom. The highest BCUT2D eigenvalue weighted by molar-refractivity contribution is 7.86. The number of hydrogen-bond acceptors (Lipinski definition) is 4. The van der Waals surface area contributed by atoms with Gasteiger partial charge in [0.05, 0.1) is 12.9 Å². The van der Waals surface area contributed by atoms with Crippen LogP contribution in [0, 0.1) is 23.2 Å². The van der Waals surface area contributed by atoms with Crippen molar-refractivity contribution in [2.75, 3.05) is 12.9 Å². The summed E-state index contributed by atoms with van der Waals surface area (Å²) in [7, 11) is -6.53. The van der Waals surface area contributed by atoms with Crippen LogP contribution in [0.4, 0.5) is 0 Å². The van der Waals surface area contributed by atoms with E-state index in [4.69, 9.17) is 4.18 Å². The molecule has 2 aromatic rings. The van der Waals surface area contributed by atoms with Crippen molar-refractivity contribution < 1.29 is 17.2 Å². The van der Waals surface area contributed by atoms with Crippen molar-refractivity contribution in [1.82, 2.24) is 0 Å². The minimum atomic E-state index is -3.55. The zero-order valence-electron chi connectivity index (χ0n) is 17.2. The van der Waals surface area contributed by atoms with Crippen molar-refractivity contribution in [2.45, 2.75) is 32.3 Å². The first-order valence-electron chi connectivity index (χ1n) is 10.2. The van der Waals surface area contributed by atoms with Crippen LogP contribution in [-0.4, -0.2) is 26.9 Å². The van der Waals surface area contributed by atoms with Crippen LogP contribution < -0.4 is 10.6 Å². The summed E-state index contributed by atoms with van der Waals surface area (Å²) in [6.45, 7) is 4.62. The van der Waals surface area contributed by atoms with E-state index < -0.39 is 17.3 Å². The monoisotopic (exact) mass is 432 g/mol. The summed E-state index contributed by atoms with van der Waals surface area (Å²) in [4.78, 5) is 0. The second kappa shape index (κ2) is 7.37. The lowest BCUT2D eigenvalue weighted by molar-refractivity contribution is -0.111. The normalized spacial score (nSPS) is 28.5. The van der Waals surface area contributed by atoms with Crippen molar-refractivity contribution in [3.8, 4) is 0 Å². The van der Waals surface area contributed by atoms with Gasteiger partial charge < -0.3 is 4.57 Å². The van der Waals surface area contributed by atoms with Gasteiger partial charge in [-0.25, -0.2) is 0 Å². The van der Waals surface area contributed by atoms with Gasteiger partial charge in [-0.3, -0.25) is 4.18 Å². The molecule has 6 heteroatoms. The molecule has 4 atom stereocenters. The third-order valence-corrected chi connectivity index (χ3v) is 11.5. The van der Waals surface area contributed by atoms with E-state index >= 15 is 0 Å². The topological polar surface area (TPSA) is 60.4 Å². The van der Waals surface area contributed by atoms with Crippen LogP contribution in [0.15, 0.2) is 60.7 Å². The van der Waals surface area contributed by atoms with Gasteiger partial charge in [-0.15, -0.1) is 0 Å². The molecule has 29 heavy (non-hydrogen) atoms. The van der Waals surface area contributed by atoms with Gasteiger partial charge in [0.25, 0.3) is 10.1 Å². The van der Waals surface area contributed by atoms with E-state index in [1.54, 1.807) is 0 Å². The second-order valence-electron chi connectivity index (χ2n) is 9.15. The second-order valence-corrected chi connectivity index (χ2v) is 13.8. The molecular formula is C23H29O4PS. The molecule has 5 rings (SSSR count). The summed E-state index contributed by atoms with van der Waals surface area (Å²) in [6, 6.07) is 19.4. The molecule has 3 aliphatic carbocycles. The first-order chi connectivity index (χ1) is 13.6. The summed E-state index contributed by atoms with van der Waals surface area (Å²) in [6.07, 6.45) is 2.99. The third-order valence-electron chi connectivity index (χ3n) is 7.30. The maximum absolute atomic E-state index is 14.9. The van der Waals surface area contributed by atoms with Gasteiger partial charge in [0.1, 0.15) is 7.14 Å². The first-order valence-corrected chi connectivity index (χ1v) is 13.8. The number of fused-ring (bicyclic) bond motifs is 2. The molecule has 3 fully saturated rings. The van der Waals surface area contributed by atoms with Gasteiger partial charge in [-0.05, 0) is 36.0 Å². The van der Waals surface area contributed by atoms with Gasteiger partial charge in [-0.2, -0.15) is 8.42 Å². The highest BCUT2D eigenvalue weighted by Gasteiger charge is 2.61. The molecule has 0 amide bonds. The zero-order valence-corrected chi connectivity index (χ0v) is 18.9. The van der Waals surface area contributed by atoms with Gasteiger partial charge in [0, 0.05) is 16.3 Å². The quantitative estimate of drug-likeness (QED) is 0.511. The molecule has 0 N–H and O–H groups in total. The average Bonchev–Trinajstić information content (AvgIpc) is 2.72. The maximum Gasteiger partial charge on any atom is 0.264 e. The summed E-state index contributed by atoms with van der Waals surface area (Å²) < 4.78 is 43.7. The lowest BCUT2D eigenvalue weighted by Gasteiger charge is -2.63. The minimum Gasteiger partial charge on any atom is -0.313 e. The average molecular weight is 433 g/mol. The Hall–Kier alpha value is -1.42. The molecule has 2 unspecified atom stereocenters. The summed E-state index contributed by atoms with van der Waals surface area (Å²) >= 11 is 0. The van der Waals surface area contributed by atoms with Crippen molar-refractivity contribution in [2.24, 2.45) is 23.2 Å². The molecule has 2 aromatic carbocycles. The van der Waals surface area contributed by atoms with E-state index in [1.807, 2.05) is 60.7 Å². The van der Waals surface area contributed by atoms with Gasteiger partial charge in [0.15, 0.2) is 0 Å². The van der Waals surface area contributed by atoms with Crippen molar-refractivity contribution in [3.63, 3.8) is 0 Å². The Morgan fingerprint density at radius 2 is 1.48 bits per heavy atom. The third kappa shape index (κ3) is 3.62. The molecule has 0 spiro atoms. The Kier molecular flexibility index (Phi) is 5.30. The Balaban J connectivity index is 1.81. The van der Waals surface area contributed by atoms with Crippen molar-refractivity contribution >= 4 is 27.9 Å². The molecule has 4 nitrogen and oxygen atoms in total.